The number of hydrogen-bond donors (Lipinski definition) is 1. The van der Waals surface area contributed by atoms with E-state index in [4.69, 9.17) is 4.74 Å². The zero-order chi connectivity index (χ0) is 22.3. The van der Waals surface area contributed by atoms with Crippen LogP contribution in [0.15, 0.2) is 84.5 Å². The molecule has 1 aromatic heterocycles. The fraction of sp³-hybridized carbons (Fsp3) is 0.160. The highest BCUT2D eigenvalue weighted by molar-refractivity contribution is 7.99. The first-order valence-electron chi connectivity index (χ1n) is 10.2. The lowest BCUT2D eigenvalue weighted by molar-refractivity contribution is -0.113. The second-order valence-electron chi connectivity index (χ2n) is 7.18. The molecule has 162 valence electrons. The first-order valence-corrected chi connectivity index (χ1v) is 11.2. The molecule has 0 unspecified atom stereocenters. The van der Waals surface area contributed by atoms with E-state index in [1.807, 2.05) is 41.0 Å². The van der Waals surface area contributed by atoms with Crippen LogP contribution in [0, 0.1) is 0 Å². The number of amides is 1. The van der Waals surface area contributed by atoms with Crippen molar-refractivity contribution in [1.82, 2.24) is 14.8 Å². The molecule has 1 amide bonds. The van der Waals surface area contributed by atoms with Gasteiger partial charge < -0.3 is 14.6 Å². The van der Waals surface area contributed by atoms with Gasteiger partial charge in [-0.25, -0.2) is 0 Å². The molecular weight excluding hydrogens is 420 g/mol. The van der Waals surface area contributed by atoms with Crippen LogP contribution in [0.2, 0.25) is 0 Å². The number of anilines is 1. The molecule has 3 aromatic carbocycles. The third-order valence-electron chi connectivity index (χ3n) is 5.02. The normalized spacial score (nSPS) is 10.8. The molecule has 0 atom stereocenters. The molecule has 0 aliphatic carbocycles. The van der Waals surface area contributed by atoms with Crippen molar-refractivity contribution in [3.8, 4) is 5.75 Å². The van der Waals surface area contributed by atoms with Gasteiger partial charge in [0.15, 0.2) is 5.16 Å². The topological polar surface area (TPSA) is 69.0 Å². The number of fused-ring (bicyclic) bond motifs is 1. The standard InChI is InChI=1S/C25H24N4O2S/c1-3-14-29-23(15-19-10-6-9-18-8-4-5-13-22(18)19)27-28-25(29)32-17-24(30)26-20-11-7-12-21(16-20)31-2/h3-13,16H,1,14-15,17H2,2H3,(H,26,30). The Morgan fingerprint density at radius 2 is 1.94 bits per heavy atom. The molecule has 0 aliphatic heterocycles. The number of nitrogens with one attached hydrogen (secondary N) is 1. The van der Waals surface area contributed by atoms with Crippen LogP contribution in [0.25, 0.3) is 10.8 Å². The monoisotopic (exact) mass is 444 g/mol. The number of allylic oxidation sites excluding steroid dienone is 1. The Kier molecular flexibility index (Phi) is 6.87. The first-order chi connectivity index (χ1) is 15.7. The summed E-state index contributed by atoms with van der Waals surface area (Å²) in [5.74, 6) is 1.64. The van der Waals surface area contributed by atoms with Gasteiger partial charge >= 0.3 is 0 Å². The second kappa shape index (κ2) is 10.2. The second-order valence-corrected chi connectivity index (χ2v) is 8.12. The largest absolute Gasteiger partial charge is 0.497 e. The number of aromatic nitrogens is 3. The Bertz CT molecular complexity index is 1250. The Labute approximate surface area is 191 Å². The predicted octanol–water partition coefficient (Wildman–Crippen LogP) is 4.95. The smallest absolute Gasteiger partial charge is 0.234 e. The van der Waals surface area contributed by atoms with Gasteiger partial charge in [0.2, 0.25) is 5.91 Å². The minimum atomic E-state index is -0.119. The van der Waals surface area contributed by atoms with Gasteiger partial charge in [0, 0.05) is 24.7 Å². The SMILES string of the molecule is C=CCn1c(Cc2cccc3ccccc23)nnc1SCC(=O)Nc1cccc(OC)c1. The average molecular weight is 445 g/mol. The molecule has 0 saturated carbocycles. The van der Waals surface area contributed by atoms with E-state index in [1.54, 1.807) is 13.2 Å². The van der Waals surface area contributed by atoms with Crippen molar-refractivity contribution >= 4 is 34.1 Å². The molecule has 0 aliphatic rings. The lowest BCUT2D eigenvalue weighted by Crippen LogP contribution is -2.15. The van der Waals surface area contributed by atoms with Gasteiger partial charge in [0.1, 0.15) is 11.6 Å². The molecular formula is C25H24N4O2S. The van der Waals surface area contributed by atoms with Crippen molar-refractivity contribution < 1.29 is 9.53 Å². The maximum Gasteiger partial charge on any atom is 0.234 e. The summed E-state index contributed by atoms with van der Waals surface area (Å²) in [6.07, 6.45) is 2.47. The highest BCUT2D eigenvalue weighted by Gasteiger charge is 2.15. The number of rotatable bonds is 9. The number of carbonyl (C=O) groups excluding carboxylic acids is 1. The highest BCUT2D eigenvalue weighted by Crippen LogP contribution is 2.24. The molecule has 1 N–H and O–H groups in total. The lowest BCUT2D eigenvalue weighted by Gasteiger charge is -2.10. The molecule has 0 fully saturated rings. The van der Waals surface area contributed by atoms with Crippen LogP contribution in [0.1, 0.15) is 11.4 Å². The van der Waals surface area contributed by atoms with Crippen LogP contribution < -0.4 is 10.1 Å². The van der Waals surface area contributed by atoms with E-state index in [2.05, 4.69) is 52.4 Å². The van der Waals surface area contributed by atoms with E-state index in [0.29, 0.717) is 29.6 Å². The number of benzene rings is 3. The number of hydrogen-bond acceptors (Lipinski definition) is 5. The maximum atomic E-state index is 12.4. The van der Waals surface area contributed by atoms with Crippen molar-refractivity contribution in [3.63, 3.8) is 0 Å². The zero-order valence-electron chi connectivity index (χ0n) is 17.8. The third-order valence-corrected chi connectivity index (χ3v) is 5.99. The van der Waals surface area contributed by atoms with Gasteiger partial charge in [-0.2, -0.15) is 0 Å². The Balaban J connectivity index is 1.48. The van der Waals surface area contributed by atoms with E-state index in [-0.39, 0.29) is 11.7 Å². The summed E-state index contributed by atoms with van der Waals surface area (Å²) in [6, 6.07) is 21.9. The summed E-state index contributed by atoms with van der Waals surface area (Å²) in [4.78, 5) is 12.4. The molecule has 0 saturated heterocycles. The molecule has 0 spiro atoms. The van der Waals surface area contributed by atoms with E-state index in [1.165, 1.54) is 28.1 Å². The van der Waals surface area contributed by atoms with E-state index in [9.17, 15) is 4.79 Å². The van der Waals surface area contributed by atoms with Gasteiger partial charge in [-0.1, -0.05) is 66.4 Å². The molecule has 0 radical (unpaired) electrons. The summed E-state index contributed by atoms with van der Waals surface area (Å²) in [5, 5.41) is 14.7. The van der Waals surface area contributed by atoms with Crippen LogP contribution in [-0.2, 0) is 17.8 Å². The summed E-state index contributed by atoms with van der Waals surface area (Å²) >= 11 is 1.36. The minimum absolute atomic E-state index is 0.119. The quantitative estimate of drug-likeness (QED) is 0.292. The molecule has 4 rings (SSSR count). The fourth-order valence-electron chi connectivity index (χ4n) is 3.51. The van der Waals surface area contributed by atoms with Crippen molar-refractivity contribution in [1.29, 1.82) is 0 Å². The molecule has 0 bridgehead atoms. The molecule has 32 heavy (non-hydrogen) atoms. The number of nitrogens with zero attached hydrogens (tertiary/aromatic N) is 3. The van der Waals surface area contributed by atoms with Crippen molar-refractivity contribution in [2.75, 3.05) is 18.2 Å². The van der Waals surface area contributed by atoms with Crippen LogP contribution >= 0.6 is 11.8 Å². The number of carbonyl (C=O) groups is 1. The summed E-state index contributed by atoms with van der Waals surface area (Å²) in [7, 11) is 1.60. The zero-order valence-corrected chi connectivity index (χ0v) is 18.6. The number of thioether (sulfide) groups is 1. The molecule has 7 heteroatoms. The Hall–Kier alpha value is -3.58. The number of ether oxygens (including phenoxy) is 1. The van der Waals surface area contributed by atoms with E-state index < -0.39 is 0 Å². The van der Waals surface area contributed by atoms with Crippen molar-refractivity contribution in [3.05, 3.63) is 90.8 Å². The lowest BCUT2D eigenvalue weighted by atomic mass is 10.0. The van der Waals surface area contributed by atoms with Gasteiger partial charge in [-0.15, -0.1) is 16.8 Å². The summed E-state index contributed by atoms with van der Waals surface area (Å²) < 4.78 is 7.21. The maximum absolute atomic E-state index is 12.4. The van der Waals surface area contributed by atoms with Crippen LogP contribution in [0.3, 0.4) is 0 Å². The van der Waals surface area contributed by atoms with Gasteiger partial charge in [-0.05, 0) is 28.5 Å². The average Bonchev–Trinajstić information content (AvgIpc) is 3.19. The fourth-order valence-corrected chi connectivity index (χ4v) is 4.28. The first kappa shape index (κ1) is 21.6. The van der Waals surface area contributed by atoms with Crippen molar-refractivity contribution in [2.45, 2.75) is 18.1 Å². The van der Waals surface area contributed by atoms with E-state index >= 15 is 0 Å². The number of methoxy groups -OCH3 is 1. The molecule has 6 nitrogen and oxygen atoms in total. The van der Waals surface area contributed by atoms with Crippen LogP contribution in [0.5, 0.6) is 5.75 Å². The predicted molar refractivity (Wildman–Crippen MR) is 129 cm³/mol. The molecule has 4 aromatic rings. The van der Waals surface area contributed by atoms with E-state index in [0.717, 1.165) is 5.82 Å². The Morgan fingerprint density at radius 1 is 1.12 bits per heavy atom. The minimum Gasteiger partial charge on any atom is -0.497 e. The highest BCUT2D eigenvalue weighted by atomic mass is 32.2. The van der Waals surface area contributed by atoms with Crippen LogP contribution in [-0.4, -0.2) is 33.5 Å². The van der Waals surface area contributed by atoms with Gasteiger partial charge in [-0.3, -0.25) is 4.79 Å². The summed E-state index contributed by atoms with van der Waals surface area (Å²) in [5.41, 5.74) is 1.88. The molecule has 1 heterocycles. The summed E-state index contributed by atoms with van der Waals surface area (Å²) in [6.45, 7) is 4.44. The van der Waals surface area contributed by atoms with Gasteiger partial charge in [0.05, 0.1) is 12.9 Å². The van der Waals surface area contributed by atoms with Gasteiger partial charge in [0.25, 0.3) is 0 Å². The van der Waals surface area contributed by atoms with Crippen LogP contribution in [0.4, 0.5) is 5.69 Å². The Morgan fingerprint density at radius 3 is 2.78 bits per heavy atom. The van der Waals surface area contributed by atoms with Crippen molar-refractivity contribution in [2.24, 2.45) is 0 Å². The third kappa shape index (κ3) is 5.00.